The average molecular weight is 385 g/mol. The molecule has 0 aliphatic heterocycles. The van der Waals surface area contributed by atoms with Crippen LogP contribution >= 0.6 is 23.8 Å². The van der Waals surface area contributed by atoms with Gasteiger partial charge in [0.1, 0.15) is 0 Å². The van der Waals surface area contributed by atoms with Crippen molar-refractivity contribution in [3.05, 3.63) is 65.2 Å². The molecule has 0 radical (unpaired) electrons. The molecule has 0 saturated heterocycles. The zero-order valence-corrected chi connectivity index (χ0v) is 15.6. The first-order chi connectivity index (χ1) is 12.6. The Morgan fingerprint density at radius 2 is 1.85 bits per heavy atom. The highest BCUT2D eigenvalue weighted by Crippen LogP contribution is 2.25. The van der Waals surface area contributed by atoms with E-state index in [-0.39, 0.29) is 5.91 Å². The van der Waals surface area contributed by atoms with Gasteiger partial charge in [0.15, 0.2) is 5.11 Å². The highest BCUT2D eigenvalue weighted by atomic mass is 35.5. The summed E-state index contributed by atoms with van der Waals surface area (Å²) < 4.78 is 0. The predicted octanol–water partition coefficient (Wildman–Crippen LogP) is 3.68. The van der Waals surface area contributed by atoms with Crippen molar-refractivity contribution in [2.45, 2.75) is 6.92 Å². The number of pyridine rings is 1. The lowest BCUT2D eigenvalue weighted by Gasteiger charge is -2.13. The smallest absolute Gasteiger partial charge is 0.270 e. The molecule has 0 aliphatic carbocycles. The molecule has 5 nitrogen and oxygen atoms in total. The standard InChI is InChI=1S/C19H17ClN4OS/c1-2-21-19(26)24-23-18(25)15-11-17(12-7-9-13(20)10-8-12)22-16-6-4-3-5-14(15)16/h3-11H,2H2,1H3,(H,23,25)(H2,21,24,26). The largest absolute Gasteiger partial charge is 0.362 e. The van der Waals surface area contributed by atoms with Crippen LogP contribution in [0.2, 0.25) is 5.02 Å². The highest BCUT2D eigenvalue weighted by molar-refractivity contribution is 7.80. The van der Waals surface area contributed by atoms with Crippen molar-refractivity contribution < 1.29 is 4.79 Å². The summed E-state index contributed by atoms with van der Waals surface area (Å²) >= 11 is 11.0. The Morgan fingerprint density at radius 1 is 1.12 bits per heavy atom. The normalized spacial score (nSPS) is 10.4. The van der Waals surface area contributed by atoms with Crippen LogP contribution < -0.4 is 16.2 Å². The topological polar surface area (TPSA) is 66.0 Å². The quantitative estimate of drug-likeness (QED) is 0.475. The number of para-hydroxylation sites is 1. The number of hydrazine groups is 1. The first kappa shape index (κ1) is 18.1. The lowest BCUT2D eigenvalue weighted by molar-refractivity contribution is 0.0945. The predicted molar refractivity (Wildman–Crippen MR) is 109 cm³/mol. The van der Waals surface area contributed by atoms with E-state index in [1.807, 2.05) is 43.3 Å². The molecule has 132 valence electrons. The van der Waals surface area contributed by atoms with Crippen molar-refractivity contribution in [2.24, 2.45) is 0 Å². The van der Waals surface area contributed by atoms with Gasteiger partial charge in [-0.3, -0.25) is 15.6 Å². The van der Waals surface area contributed by atoms with E-state index in [9.17, 15) is 4.79 Å². The van der Waals surface area contributed by atoms with E-state index in [1.165, 1.54) is 0 Å². The summed E-state index contributed by atoms with van der Waals surface area (Å²) in [5, 5.41) is 4.68. The lowest BCUT2D eigenvalue weighted by Crippen LogP contribution is -2.46. The summed E-state index contributed by atoms with van der Waals surface area (Å²) in [4.78, 5) is 17.4. The third-order valence-corrected chi connectivity index (χ3v) is 4.23. The summed E-state index contributed by atoms with van der Waals surface area (Å²) in [6.45, 7) is 2.59. The number of nitrogens with zero attached hydrogens (tertiary/aromatic N) is 1. The minimum absolute atomic E-state index is 0.293. The van der Waals surface area contributed by atoms with Gasteiger partial charge >= 0.3 is 0 Å². The molecule has 3 rings (SSSR count). The van der Waals surface area contributed by atoms with E-state index in [0.717, 1.165) is 16.5 Å². The van der Waals surface area contributed by atoms with Crippen LogP contribution in [0.15, 0.2) is 54.6 Å². The number of carbonyl (C=O) groups excluding carboxylic acids is 1. The summed E-state index contributed by atoms with van der Waals surface area (Å²) in [7, 11) is 0. The third kappa shape index (κ3) is 4.09. The number of hydrogen-bond acceptors (Lipinski definition) is 3. The van der Waals surface area contributed by atoms with Gasteiger partial charge in [0.2, 0.25) is 0 Å². The second-order valence-electron chi connectivity index (χ2n) is 5.52. The fourth-order valence-electron chi connectivity index (χ4n) is 2.52. The van der Waals surface area contributed by atoms with Gasteiger partial charge in [-0.2, -0.15) is 0 Å². The molecule has 1 heterocycles. The molecular weight excluding hydrogens is 368 g/mol. The van der Waals surface area contributed by atoms with E-state index in [1.54, 1.807) is 18.2 Å². The van der Waals surface area contributed by atoms with E-state index in [0.29, 0.717) is 27.9 Å². The molecule has 1 amide bonds. The van der Waals surface area contributed by atoms with Crippen LogP contribution in [-0.4, -0.2) is 22.5 Å². The van der Waals surface area contributed by atoms with Crippen LogP contribution in [0.1, 0.15) is 17.3 Å². The van der Waals surface area contributed by atoms with Crippen LogP contribution in [-0.2, 0) is 0 Å². The van der Waals surface area contributed by atoms with Gasteiger partial charge in [-0.15, -0.1) is 0 Å². The van der Waals surface area contributed by atoms with Gasteiger partial charge in [-0.1, -0.05) is 41.9 Å². The fraction of sp³-hybridized carbons (Fsp3) is 0.105. The second-order valence-corrected chi connectivity index (χ2v) is 6.36. The zero-order chi connectivity index (χ0) is 18.5. The molecule has 3 N–H and O–H groups in total. The van der Waals surface area contributed by atoms with Crippen LogP contribution in [0.25, 0.3) is 22.2 Å². The maximum Gasteiger partial charge on any atom is 0.270 e. The number of rotatable bonds is 3. The number of thiocarbonyl (C=S) groups is 1. The van der Waals surface area contributed by atoms with Gasteiger partial charge in [-0.05, 0) is 43.4 Å². The van der Waals surface area contributed by atoms with Crippen molar-refractivity contribution in [1.82, 2.24) is 21.2 Å². The number of benzene rings is 2. The minimum atomic E-state index is -0.293. The molecule has 0 saturated carbocycles. The third-order valence-electron chi connectivity index (χ3n) is 3.73. The number of hydrogen-bond donors (Lipinski definition) is 3. The number of fused-ring (bicyclic) bond motifs is 1. The van der Waals surface area contributed by atoms with Gasteiger partial charge in [0, 0.05) is 22.5 Å². The minimum Gasteiger partial charge on any atom is -0.362 e. The monoisotopic (exact) mass is 384 g/mol. The van der Waals surface area contributed by atoms with Crippen molar-refractivity contribution in [1.29, 1.82) is 0 Å². The van der Waals surface area contributed by atoms with Gasteiger partial charge < -0.3 is 5.32 Å². The Kier molecular flexibility index (Phi) is 5.65. The molecule has 3 aromatic rings. The van der Waals surface area contributed by atoms with Crippen molar-refractivity contribution in [3.8, 4) is 11.3 Å². The molecular formula is C19H17ClN4OS. The van der Waals surface area contributed by atoms with E-state index < -0.39 is 0 Å². The van der Waals surface area contributed by atoms with Crippen LogP contribution in [0.5, 0.6) is 0 Å². The van der Waals surface area contributed by atoms with E-state index in [4.69, 9.17) is 23.8 Å². The molecule has 0 aliphatic rings. The first-order valence-corrected chi connectivity index (χ1v) is 8.87. The summed E-state index contributed by atoms with van der Waals surface area (Å²) in [5.74, 6) is -0.293. The summed E-state index contributed by atoms with van der Waals surface area (Å²) in [6.07, 6.45) is 0. The van der Waals surface area contributed by atoms with Crippen LogP contribution in [0.3, 0.4) is 0 Å². The maximum absolute atomic E-state index is 12.7. The molecule has 7 heteroatoms. The molecule has 0 bridgehead atoms. The lowest BCUT2D eigenvalue weighted by atomic mass is 10.0. The maximum atomic E-state index is 12.7. The average Bonchev–Trinajstić information content (AvgIpc) is 2.66. The number of amides is 1. The van der Waals surface area contributed by atoms with Gasteiger partial charge in [0.05, 0.1) is 16.8 Å². The Bertz CT molecular complexity index is 959. The van der Waals surface area contributed by atoms with Gasteiger partial charge in [0.25, 0.3) is 5.91 Å². The molecule has 26 heavy (non-hydrogen) atoms. The molecule has 0 unspecified atom stereocenters. The number of aromatic nitrogens is 1. The molecule has 0 atom stereocenters. The number of carbonyl (C=O) groups is 1. The number of nitrogens with one attached hydrogen (secondary N) is 3. The van der Waals surface area contributed by atoms with Crippen molar-refractivity contribution in [2.75, 3.05) is 6.54 Å². The SMILES string of the molecule is CCNC(=S)NNC(=O)c1cc(-c2ccc(Cl)cc2)nc2ccccc12. The highest BCUT2D eigenvalue weighted by Gasteiger charge is 2.14. The van der Waals surface area contributed by atoms with E-state index in [2.05, 4.69) is 21.2 Å². The first-order valence-electron chi connectivity index (χ1n) is 8.08. The summed E-state index contributed by atoms with van der Waals surface area (Å²) in [5.41, 5.74) is 8.13. The summed E-state index contributed by atoms with van der Waals surface area (Å²) in [6, 6.07) is 16.6. The Balaban J connectivity index is 1.98. The van der Waals surface area contributed by atoms with Crippen LogP contribution in [0, 0.1) is 0 Å². The Hall–Kier alpha value is -2.70. The Labute approximate surface area is 161 Å². The van der Waals surface area contributed by atoms with E-state index >= 15 is 0 Å². The van der Waals surface area contributed by atoms with Crippen LogP contribution in [0.4, 0.5) is 0 Å². The number of halogens is 1. The van der Waals surface area contributed by atoms with Crippen molar-refractivity contribution in [3.63, 3.8) is 0 Å². The molecule has 0 fully saturated rings. The van der Waals surface area contributed by atoms with Gasteiger partial charge in [-0.25, -0.2) is 4.98 Å². The molecule has 2 aromatic carbocycles. The fourth-order valence-corrected chi connectivity index (χ4v) is 2.84. The molecule has 1 aromatic heterocycles. The second kappa shape index (κ2) is 8.12. The zero-order valence-electron chi connectivity index (χ0n) is 14.0. The Morgan fingerprint density at radius 3 is 2.58 bits per heavy atom. The van der Waals surface area contributed by atoms with Crippen molar-refractivity contribution >= 4 is 45.7 Å². The molecule has 0 spiro atoms.